The standard InChI is InChI=1S/C29H29NO5/c1-18(2)35-23-15-13-20(14-16-23)26-25(27(31)21-11-9-19(3)10-12-21)28(32)29(33)30(26)17-22-7-5-6-8-24(22)34-4/h5-16,18,26,31H,17H2,1-4H3/b27-25+. The highest BCUT2D eigenvalue weighted by Gasteiger charge is 2.46. The second kappa shape index (κ2) is 10.1. The summed E-state index contributed by atoms with van der Waals surface area (Å²) in [6.45, 7) is 5.97. The summed E-state index contributed by atoms with van der Waals surface area (Å²) in [6.07, 6.45) is 0.0126. The zero-order valence-corrected chi connectivity index (χ0v) is 20.3. The monoisotopic (exact) mass is 471 g/mol. The topological polar surface area (TPSA) is 76.1 Å². The second-order valence-corrected chi connectivity index (χ2v) is 8.84. The van der Waals surface area contributed by atoms with Gasteiger partial charge in [-0.1, -0.05) is 60.2 Å². The number of ether oxygens (including phenoxy) is 2. The first-order valence-corrected chi connectivity index (χ1v) is 11.5. The second-order valence-electron chi connectivity index (χ2n) is 8.84. The molecule has 35 heavy (non-hydrogen) atoms. The van der Waals surface area contributed by atoms with Crippen molar-refractivity contribution < 1.29 is 24.2 Å². The molecule has 0 saturated carbocycles. The van der Waals surface area contributed by atoms with E-state index in [0.717, 1.165) is 11.1 Å². The van der Waals surface area contributed by atoms with Gasteiger partial charge in [-0.15, -0.1) is 0 Å². The molecule has 1 aliphatic rings. The summed E-state index contributed by atoms with van der Waals surface area (Å²) < 4.78 is 11.2. The maximum atomic E-state index is 13.3. The number of Topliss-reactive ketones (excluding diaryl/α,β-unsaturated/α-hetero) is 1. The van der Waals surface area contributed by atoms with E-state index in [1.807, 2.05) is 81.4 Å². The van der Waals surface area contributed by atoms with E-state index in [2.05, 4.69) is 0 Å². The van der Waals surface area contributed by atoms with Crippen LogP contribution in [0.25, 0.3) is 5.76 Å². The summed E-state index contributed by atoms with van der Waals surface area (Å²) in [5.74, 6) is -0.280. The first kappa shape index (κ1) is 24.1. The van der Waals surface area contributed by atoms with Crippen molar-refractivity contribution in [1.29, 1.82) is 0 Å². The van der Waals surface area contributed by atoms with Gasteiger partial charge in [-0.05, 0) is 44.5 Å². The molecule has 1 saturated heterocycles. The van der Waals surface area contributed by atoms with Crippen molar-refractivity contribution in [1.82, 2.24) is 4.90 Å². The molecule has 1 unspecified atom stereocenters. The van der Waals surface area contributed by atoms with Gasteiger partial charge in [0.05, 0.1) is 31.4 Å². The molecular weight excluding hydrogens is 442 g/mol. The molecule has 3 aromatic carbocycles. The molecule has 1 fully saturated rings. The van der Waals surface area contributed by atoms with Crippen LogP contribution in [-0.4, -0.2) is 34.9 Å². The van der Waals surface area contributed by atoms with Crippen molar-refractivity contribution in [2.75, 3.05) is 7.11 Å². The Morgan fingerprint density at radius 2 is 1.63 bits per heavy atom. The molecule has 0 aliphatic carbocycles. The van der Waals surface area contributed by atoms with Crippen LogP contribution >= 0.6 is 0 Å². The number of para-hydroxylation sites is 1. The highest BCUT2D eigenvalue weighted by molar-refractivity contribution is 6.46. The predicted molar refractivity (Wildman–Crippen MR) is 134 cm³/mol. The Hall–Kier alpha value is -4.06. The molecule has 0 aromatic heterocycles. The van der Waals surface area contributed by atoms with Crippen molar-refractivity contribution >= 4 is 17.4 Å². The highest BCUT2D eigenvalue weighted by atomic mass is 16.5. The number of carbonyl (C=O) groups is 2. The Morgan fingerprint density at radius 1 is 0.971 bits per heavy atom. The molecule has 6 heteroatoms. The van der Waals surface area contributed by atoms with Crippen molar-refractivity contribution in [3.8, 4) is 11.5 Å². The molecule has 180 valence electrons. The average molecular weight is 472 g/mol. The minimum absolute atomic E-state index is 0.0126. The third-order valence-corrected chi connectivity index (χ3v) is 5.97. The zero-order chi connectivity index (χ0) is 25.1. The van der Waals surface area contributed by atoms with Gasteiger partial charge in [0.15, 0.2) is 0 Å². The van der Waals surface area contributed by atoms with Crippen LogP contribution in [0.5, 0.6) is 11.5 Å². The number of hydrogen-bond acceptors (Lipinski definition) is 5. The van der Waals surface area contributed by atoms with E-state index in [-0.39, 0.29) is 24.0 Å². The fourth-order valence-corrected chi connectivity index (χ4v) is 4.27. The molecule has 0 bridgehead atoms. The van der Waals surface area contributed by atoms with Crippen LogP contribution in [0.3, 0.4) is 0 Å². The summed E-state index contributed by atoms with van der Waals surface area (Å²) in [5.41, 5.74) is 3.03. The summed E-state index contributed by atoms with van der Waals surface area (Å²) in [4.78, 5) is 28.0. The summed E-state index contributed by atoms with van der Waals surface area (Å²) in [5, 5.41) is 11.2. The van der Waals surface area contributed by atoms with Gasteiger partial charge < -0.3 is 19.5 Å². The normalized spacial score (nSPS) is 17.2. The molecular formula is C29H29NO5. The van der Waals surface area contributed by atoms with Crippen LogP contribution in [0, 0.1) is 6.92 Å². The number of likely N-dealkylation sites (tertiary alicyclic amines) is 1. The number of hydrogen-bond donors (Lipinski definition) is 1. The number of amides is 1. The van der Waals surface area contributed by atoms with Crippen LogP contribution in [-0.2, 0) is 16.1 Å². The number of aryl methyl sites for hydroxylation is 1. The fourth-order valence-electron chi connectivity index (χ4n) is 4.27. The molecule has 1 atom stereocenters. The van der Waals surface area contributed by atoms with E-state index in [1.54, 1.807) is 19.2 Å². The number of benzene rings is 3. The van der Waals surface area contributed by atoms with Crippen molar-refractivity contribution in [3.05, 3.63) is 101 Å². The SMILES string of the molecule is COc1ccccc1CN1C(=O)C(=O)/C(=C(/O)c2ccc(C)cc2)C1c1ccc(OC(C)C)cc1. The molecule has 0 spiro atoms. The Morgan fingerprint density at radius 3 is 2.26 bits per heavy atom. The van der Waals surface area contributed by atoms with Crippen LogP contribution in [0.1, 0.15) is 42.1 Å². The molecule has 6 nitrogen and oxygen atoms in total. The van der Waals surface area contributed by atoms with Crippen molar-refractivity contribution in [3.63, 3.8) is 0 Å². The van der Waals surface area contributed by atoms with Gasteiger partial charge in [0.2, 0.25) is 0 Å². The van der Waals surface area contributed by atoms with Gasteiger partial charge in [0, 0.05) is 11.1 Å². The zero-order valence-electron chi connectivity index (χ0n) is 20.3. The number of carbonyl (C=O) groups excluding carboxylic acids is 2. The number of aliphatic hydroxyl groups is 1. The quantitative estimate of drug-likeness (QED) is 0.283. The Balaban J connectivity index is 1.83. The van der Waals surface area contributed by atoms with Gasteiger partial charge in [0.1, 0.15) is 17.3 Å². The number of methoxy groups -OCH3 is 1. The highest BCUT2D eigenvalue weighted by Crippen LogP contribution is 2.41. The molecule has 4 rings (SSSR count). The largest absolute Gasteiger partial charge is 0.507 e. The van der Waals surface area contributed by atoms with Crippen LogP contribution < -0.4 is 9.47 Å². The van der Waals surface area contributed by atoms with Crippen molar-refractivity contribution in [2.24, 2.45) is 0 Å². The first-order chi connectivity index (χ1) is 16.8. The van der Waals surface area contributed by atoms with Gasteiger partial charge in [-0.25, -0.2) is 0 Å². The molecule has 3 aromatic rings. The van der Waals surface area contributed by atoms with E-state index in [1.165, 1.54) is 4.90 Å². The first-order valence-electron chi connectivity index (χ1n) is 11.5. The van der Waals surface area contributed by atoms with E-state index < -0.39 is 17.7 Å². The van der Waals surface area contributed by atoms with E-state index in [4.69, 9.17) is 9.47 Å². The van der Waals surface area contributed by atoms with Crippen molar-refractivity contribution in [2.45, 2.75) is 39.5 Å². The summed E-state index contributed by atoms with van der Waals surface area (Å²) in [7, 11) is 1.56. The van der Waals surface area contributed by atoms with E-state index in [9.17, 15) is 14.7 Å². The molecule has 0 radical (unpaired) electrons. The van der Waals surface area contributed by atoms with Gasteiger partial charge in [-0.3, -0.25) is 9.59 Å². The Labute approximate surface area is 205 Å². The minimum Gasteiger partial charge on any atom is -0.507 e. The maximum absolute atomic E-state index is 13.3. The number of aliphatic hydroxyl groups excluding tert-OH is 1. The minimum atomic E-state index is -0.769. The maximum Gasteiger partial charge on any atom is 0.295 e. The smallest absolute Gasteiger partial charge is 0.295 e. The van der Waals surface area contributed by atoms with Gasteiger partial charge in [-0.2, -0.15) is 0 Å². The fraction of sp³-hybridized carbons (Fsp3) is 0.241. The predicted octanol–water partition coefficient (Wildman–Crippen LogP) is 5.41. The lowest BCUT2D eigenvalue weighted by Gasteiger charge is -2.26. The average Bonchev–Trinajstić information content (AvgIpc) is 3.09. The van der Waals surface area contributed by atoms with Crippen LogP contribution in [0.4, 0.5) is 0 Å². The third kappa shape index (κ3) is 4.92. The molecule has 1 heterocycles. The Bertz CT molecular complexity index is 1260. The lowest BCUT2D eigenvalue weighted by atomic mass is 9.95. The lowest BCUT2D eigenvalue weighted by Crippen LogP contribution is -2.29. The molecule has 1 aliphatic heterocycles. The van der Waals surface area contributed by atoms with E-state index >= 15 is 0 Å². The summed E-state index contributed by atoms with van der Waals surface area (Å²) >= 11 is 0. The van der Waals surface area contributed by atoms with E-state index in [0.29, 0.717) is 22.6 Å². The Kier molecular flexibility index (Phi) is 6.92. The third-order valence-electron chi connectivity index (χ3n) is 5.97. The van der Waals surface area contributed by atoms with Crippen LogP contribution in [0.15, 0.2) is 78.4 Å². The molecule has 1 amide bonds. The van der Waals surface area contributed by atoms with Gasteiger partial charge in [0.25, 0.3) is 11.7 Å². The van der Waals surface area contributed by atoms with Crippen LogP contribution in [0.2, 0.25) is 0 Å². The summed E-state index contributed by atoms with van der Waals surface area (Å²) in [6, 6.07) is 21.1. The number of rotatable bonds is 7. The molecule has 1 N–H and O–H groups in total. The number of ketones is 1. The van der Waals surface area contributed by atoms with Gasteiger partial charge >= 0.3 is 0 Å². The number of nitrogens with zero attached hydrogens (tertiary/aromatic N) is 1. The lowest BCUT2D eigenvalue weighted by molar-refractivity contribution is -0.140.